The molecule has 1 N–H and O–H groups in total. The van der Waals surface area contributed by atoms with Crippen LogP contribution in [0.2, 0.25) is 0 Å². The molecule has 1 saturated carbocycles. The lowest BCUT2D eigenvalue weighted by Crippen LogP contribution is -2.53. The lowest BCUT2D eigenvalue weighted by molar-refractivity contribution is -0.143. The third-order valence-corrected chi connectivity index (χ3v) is 6.83. The Balaban J connectivity index is 1.62. The molecule has 4 rings (SSSR count). The van der Waals surface area contributed by atoms with Crippen LogP contribution in [0.1, 0.15) is 47.9 Å². The molecule has 1 aliphatic carbocycles. The first-order valence-corrected chi connectivity index (χ1v) is 13.0. The van der Waals surface area contributed by atoms with Gasteiger partial charge in [0.2, 0.25) is 5.91 Å². The van der Waals surface area contributed by atoms with E-state index < -0.39 is 11.9 Å². The Kier molecular flexibility index (Phi) is 8.94. The molecule has 0 aromatic heterocycles. The number of halogens is 1. The molecule has 0 radical (unpaired) electrons. The van der Waals surface area contributed by atoms with Gasteiger partial charge >= 0.3 is 0 Å². The second-order valence-corrected chi connectivity index (χ2v) is 9.92. The smallest absolute Gasteiger partial charge is 0.261 e. The standard InChI is InChI=1S/C31H35FN2O3/c1-22-16-23(2)18-27(17-22)37-21-30(35)34(20-25-12-6-9-15-28(25)32)29(19-24-10-4-3-5-11-24)31(36)33-26-13-7-8-14-26/h3-6,9-12,15-18,26,29H,7-8,13-14,19-21H2,1-2H3,(H,33,36)/t29-/m1/s1. The number of nitrogens with one attached hydrogen (secondary N) is 1. The van der Waals surface area contributed by atoms with Gasteiger partial charge in [0.05, 0.1) is 0 Å². The average molecular weight is 503 g/mol. The predicted octanol–water partition coefficient (Wildman–Crippen LogP) is 5.52. The number of rotatable bonds is 10. The van der Waals surface area contributed by atoms with E-state index in [9.17, 15) is 14.0 Å². The van der Waals surface area contributed by atoms with Gasteiger partial charge < -0.3 is 15.0 Å². The summed E-state index contributed by atoms with van der Waals surface area (Å²) in [7, 11) is 0. The maximum Gasteiger partial charge on any atom is 0.261 e. The van der Waals surface area contributed by atoms with Crippen molar-refractivity contribution in [3.05, 3.63) is 101 Å². The molecule has 0 unspecified atom stereocenters. The Hall–Kier alpha value is -3.67. The van der Waals surface area contributed by atoms with Crippen molar-refractivity contribution in [3.8, 4) is 5.75 Å². The Morgan fingerprint density at radius 3 is 2.30 bits per heavy atom. The lowest BCUT2D eigenvalue weighted by atomic mass is 10.0. The highest BCUT2D eigenvalue weighted by atomic mass is 19.1. The van der Waals surface area contributed by atoms with Gasteiger partial charge in [0.1, 0.15) is 17.6 Å². The van der Waals surface area contributed by atoms with Crippen LogP contribution in [-0.2, 0) is 22.6 Å². The molecule has 1 aliphatic rings. The summed E-state index contributed by atoms with van der Waals surface area (Å²) in [6.45, 7) is 3.65. The highest BCUT2D eigenvalue weighted by Gasteiger charge is 2.32. The van der Waals surface area contributed by atoms with E-state index in [-0.39, 0.29) is 31.0 Å². The molecular weight excluding hydrogens is 467 g/mol. The largest absolute Gasteiger partial charge is 0.484 e. The average Bonchev–Trinajstić information content (AvgIpc) is 3.39. The van der Waals surface area contributed by atoms with Gasteiger partial charge in [-0.25, -0.2) is 4.39 Å². The maximum atomic E-state index is 14.7. The molecule has 0 aliphatic heterocycles. The molecule has 1 atom stereocenters. The van der Waals surface area contributed by atoms with E-state index in [4.69, 9.17) is 4.74 Å². The van der Waals surface area contributed by atoms with Gasteiger partial charge in [0.25, 0.3) is 5.91 Å². The van der Waals surface area contributed by atoms with Crippen LogP contribution in [0.25, 0.3) is 0 Å². The van der Waals surface area contributed by atoms with Crippen LogP contribution in [0.5, 0.6) is 5.75 Å². The minimum absolute atomic E-state index is 0.0305. The number of nitrogens with zero attached hydrogens (tertiary/aromatic N) is 1. The van der Waals surface area contributed by atoms with Crippen molar-refractivity contribution in [3.63, 3.8) is 0 Å². The quantitative estimate of drug-likeness (QED) is 0.397. The molecule has 0 saturated heterocycles. The number of carbonyl (C=O) groups excluding carboxylic acids is 2. The van der Waals surface area contributed by atoms with Gasteiger partial charge in [-0.05, 0) is 61.6 Å². The molecule has 0 spiro atoms. The minimum Gasteiger partial charge on any atom is -0.484 e. The summed E-state index contributed by atoms with van der Waals surface area (Å²) in [6, 6.07) is 21.0. The summed E-state index contributed by atoms with van der Waals surface area (Å²) < 4.78 is 20.6. The Labute approximate surface area is 218 Å². The Morgan fingerprint density at radius 1 is 0.973 bits per heavy atom. The van der Waals surface area contributed by atoms with Gasteiger partial charge in [-0.15, -0.1) is 0 Å². The van der Waals surface area contributed by atoms with Crippen molar-refractivity contribution in [2.24, 2.45) is 0 Å². The van der Waals surface area contributed by atoms with Crippen LogP contribution in [0, 0.1) is 19.7 Å². The molecule has 3 aromatic carbocycles. The molecule has 6 heteroatoms. The van der Waals surface area contributed by atoms with Gasteiger partial charge in [0.15, 0.2) is 6.61 Å². The number of hydrogen-bond donors (Lipinski definition) is 1. The fraction of sp³-hybridized carbons (Fsp3) is 0.355. The minimum atomic E-state index is -0.807. The van der Waals surface area contributed by atoms with E-state index in [1.54, 1.807) is 18.2 Å². The SMILES string of the molecule is Cc1cc(C)cc(OCC(=O)N(Cc2ccccc2F)[C@H](Cc2ccccc2)C(=O)NC2CCCC2)c1. The summed E-state index contributed by atoms with van der Waals surface area (Å²) in [5.74, 6) is -0.409. The fourth-order valence-corrected chi connectivity index (χ4v) is 4.98. The second kappa shape index (κ2) is 12.5. The van der Waals surface area contributed by atoms with Gasteiger partial charge in [-0.2, -0.15) is 0 Å². The lowest BCUT2D eigenvalue weighted by Gasteiger charge is -2.32. The van der Waals surface area contributed by atoms with Crippen LogP contribution in [-0.4, -0.2) is 35.4 Å². The van der Waals surface area contributed by atoms with E-state index >= 15 is 0 Å². The number of hydrogen-bond acceptors (Lipinski definition) is 3. The Morgan fingerprint density at radius 2 is 1.62 bits per heavy atom. The van der Waals surface area contributed by atoms with Crippen LogP contribution in [0.15, 0.2) is 72.8 Å². The highest BCUT2D eigenvalue weighted by molar-refractivity contribution is 5.88. The van der Waals surface area contributed by atoms with Gasteiger partial charge in [0, 0.05) is 24.6 Å². The number of amides is 2. The molecule has 3 aromatic rings. The molecule has 2 amide bonds. The number of ether oxygens (including phenoxy) is 1. The number of aryl methyl sites for hydroxylation is 2. The van der Waals surface area contributed by atoms with Crippen molar-refractivity contribution in [2.45, 2.75) is 64.6 Å². The van der Waals surface area contributed by atoms with Crippen molar-refractivity contribution < 1.29 is 18.7 Å². The molecule has 194 valence electrons. The Bertz CT molecular complexity index is 1190. The predicted molar refractivity (Wildman–Crippen MR) is 143 cm³/mol. The van der Waals surface area contributed by atoms with E-state index in [1.165, 1.54) is 11.0 Å². The number of carbonyl (C=O) groups is 2. The first kappa shape index (κ1) is 26.4. The third kappa shape index (κ3) is 7.42. The molecular formula is C31H35FN2O3. The molecule has 0 heterocycles. The summed E-state index contributed by atoms with van der Waals surface area (Å²) in [6.07, 6.45) is 4.34. The summed E-state index contributed by atoms with van der Waals surface area (Å²) in [4.78, 5) is 28.8. The van der Waals surface area contributed by atoms with Gasteiger partial charge in [-0.3, -0.25) is 9.59 Å². The third-order valence-electron chi connectivity index (χ3n) is 6.83. The topological polar surface area (TPSA) is 58.6 Å². The van der Waals surface area contributed by atoms with Crippen molar-refractivity contribution in [2.75, 3.05) is 6.61 Å². The van der Waals surface area contributed by atoms with Crippen LogP contribution < -0.4 is 10.1 Å². The second-order valence-electron chi connectivity index (χ2n) is 9.92. The molecule has 5 nitrogen and oxygen atoms in total. The monoisotopic (exact) mass is 502 g/mol. The summed E-state index contributed by atoms with van der Waals surface area (Å²) in [5.41, 5.74) is 3.34. The summed E-state index contributed by atoms with van der Waals surface area (Å²) in [5, 5.41) is 3.16. The summed E-state index contributed by atoms with van der Waals surface area (Å²) >= 11 is 0. The first-order valence-electron chi connectivity index (χ1n) is 13.0. The fourth-order valence-electron chi connectivity index (χ4n) is 4.98. The molecule has 0 bridgehead atoms. The van der Waals surface area contributed by atoms with Crippen molar-refractivity contribution >= 4 is 11.8 Å². The zero-order valence-corrected chi connectivity index (χ0v) is 21.6. The maximum absolute atomic E-state index is 14.7. The van der Waals surface area contributed by atoms with E-state index in [0.29, 0.717) is 17.7 Å². The van der Waals surface area contributed by atoms with Crippen LogP contribution in [0.3, 0.4) is 0 Å². The van der Waals surface area contributed by atoms with E-state index in [1.807, 2.05) is 62.4 Å². The van der Waals surface area contributed by atoms with Crippen molar-refractivity contribution in [1.29, 1.82) is 0 Å². The van der Waals surface area contributed by atoms with E-state index in [0.717, 1.165) is 42.4 Å². The van der Waals surface area contributed by atoms with Crippen LogP contribution >= 0.6 is 0 Å². The normalized spacial score (nSPS) is 14.2. The number of benzene rings is 3. The molecule has 1 fully saturated rings. The van der Waals surface area contributed by atoms with Crippen LogP contribution in [0.4, 0.5) is 4.39 Å². The zero-order valence-electron chi connectivity index (χ0n) is 21.6. The first-order chi connectivity index (χ1) is 17.9. The van der Waals surface area contributed by atoms with Gasteiger partial charge in [-0.1, -0.05) is 67.4 Å². The van der Waals surface area contributed by atoms with Crippen molar-refractivity contribution in [1.82, 2.24) is 10.2 Å². The van der Waals surface area contributed by atoms with E-state index in [2.05, 4.69) is 5.32 Å². The highest BCUT2D eigenvalue weighted by Crippen LogP contribution is 2.21. The molecule has 37 heavy (non-hydrogen) atoms. The zero-order chi connectivity index (χ0) is 26.2.